The van der Waals surface area contributed by atoms with Crippen LogP contribution in [0.3, 0.4) is 0 Å². The average Bonchev–Trinajstić information content (AvgIpc) is 2.33. The summed E-state index contributed by atoms with van der Waals surface area (Å²) in [6, 6.07) is -0.799. The first-order chi connectivity index (χ1) is 10.5. The quantitative estimate of drug-likeness (QED) is 0.328. The monoisotopic (exact) mass is 420 g/mol. The van der Waals surface area contributed by atoms with E-state index in [2.05, 4.69) is 0 Å². The van der Waals surface area contributed by atoms with Crippen molar-refractivity contribution in [1.29, 1.82) is 0 Å². The third-order valence-electron chi connectivity index (χ3n) is 3.19. The third-order valence-corrected chi connectivity index (χ3v) is 4.94. The van der Waals surface area contributed by atoms with Crippen LogP contribution in [-0.4, -0.2) is 43.9 Å². The van der Waals surface area contributed by atoms with Crippen LogP contribution in [0.2, 0.25) is 25.7 Å². The summed E-state index contributed by atoms with van der Waals surface area (Å²) < 4.78 is 166. The van der Waals surface area contributed by atoms with Gasteiger partial charge in [-0.15, -0.1) is 0 Å². The molecule has 0 aromatic carbocycles. The second-order valence-electron chi connectivity index (χ2n) is 6.56. The van der Waals surface area contributed by atoms with Crippen molar-refractivity contribution >= 4 is 8.07 Å². The largest absolute Gasteiger partial charge is 0.460 e. The maximum Gasteiger partial charge on any atom is 0.460 e. The Bertz CT molecular complexity index is 471. The Kier molecular flexibility index (Phi) is 6.01. The fraction of sp³-hybridized carbons (Fsp3) is 1.00. The van der Waals surface area contributed by atoms with Crippen molar-refractivity contribution in [3.05, 3.63) is 0 Å². The highest BCUT2D eigenvalue weighted by molar-refractivity contribution is 6.76. The van der Waals surface area contributed by atoms with Gasteiger partial charge in [-0.2, -0.15) is 57.1 Å². The lowest BCUT2D eigenvalue weighted by molar-refractivity contribution is -0.439. The van der Waals surface area contributed by atoms with Crippen LogP contribution in [-0.2, 0) is 0 Å². The molecule has 0 bridgehead atoms. The predicted molar refractivity (Wildman–Crippen MR) is 63.6 cm³/mol. The zero-order chi connectivity index (χ0) is 20.9. The van der Waals surface area contributed by atoms with Gasteiger partial charge in [-0.25, -0.2) is 0 Å². The molecule has 0 saturated heterocycles. The number of alkyl halides is 13. The van der Waals surface area contributed by atoms with Crippen molar-refractivity contribution in [3.8, 4) is 0 Å². The molecule has 0 aromatic heterocycles. The van der Waals surface area contributed by atoms with Crippen LogP contribution in [0.4, 0.5) is 57.1 Å². The van der Waals surface area contributed by atoms with Crippen LogP contribution in [0.15, 0.2) is 0 Å². The van der Waals surface area contributed by atoms with Crippen molar-refractivity contribution in [2.45, 2.75) is 67.9 Å². The molecule has 0 amide bonds. The van der Waals surface area contributed by atoms with Crippen molar-refractivity contribution in [2.24, 2.45) is 0 Å². The first kappa shape index (κ1) is 24.3. The standard InChI is InChI=1S/C11H13F13Si/c1-25(2,3)5-4-6(12,13)7(14,15)8(16,17)9(18,19)10(20,21)11(22,23)24/h4-5H2,1-3H3. The summed E-state index contributed by atoms with van der Waals surface area (Å²) in [5.41, 5.74) is 0. The fourth-order valence-corrected chi connectivity index (χ4v) is 2.55. The average molecular weight is 420 g/mol. The van der Waals surface area contributed by atoms with Crippen molar-refractivity contribution in [3.63, 3.8) is 0 Å². The van der Waals surface area contributed by atoms with E-state index in [0.29, 0.717) is 0 Å². The first-order valence-electron chi connectivity index (χ1n) is 6.41. The Hall–Kier alpha value is -0.693. The summed E-state index contributed by atoms with van der Waals surface area (Å²) in [7, 11) is -2.59. The number of rotatable bonds is 7. The van der Waals surface area contributed by atoms with Gasteiger partial charge in [0.25, 0.3) is 0 Å². The molecule has 152 valence electrons. The van der Waals surface area contributed by atoms with Crippen LogP contribution < -0.4 is 0 Å². The van der Waals surface area contributed by atoms with E-state index in [4.69, 9.17) is 0 Å². The molecule has 0 spiro atoms. The maximum atomic E-state index is 13.4. The highest BCUT2D eigenvalue weighted by Crippen LogP contribution is 2.60. The van der Waals surface area contributed by atoms with Crippen LogP contribution in [0.5, 0.6) is 0 Å². The second-order valence-corrected chi connectivity index (χ2v) is 12.2. The molecule has 14 heteroatoms. The van der Waals surface area contributed by atoms with Crippen molar-refractivity contribution < 1.29 is 57.1 Å². The summed E-state index contributed by atoms with van der Waals surface area (Å²) in [6.45, 7) is 3.98. The summed E-state index contributed by atoms with van der Waals surface area (Å²) in [6.07, 6.45) is -9.46. The highest BCUT2D eigenvalue weighted by atomic mass is 28.3. The topological polar surface area (TPSA) is 0 Å². The molecule has 0 unspecified atom stereocenters. The lowest BCUT2D eigenvalue weighted by Crippen LogP contribution is -2.70. The maximum absolute atomic E-state index is 13.4. The molecule has 0 N–H and O–H groups in total. The Balaban J connectivity index is 6.03. The second kappa shape index (κ2) is 6.18. The molecule has 0 rings (SSSR count). The van der Waals surface area contributed by atoms with Crippen LogP contribution in [0.25, 0.3) is 0 Å². The summed E-state index contributed by atoms with van der Waals surface area (Å²) in [5.74, 6) is -36.3. The van der Waals surface area contributed by atoms with Gasteiger partial charge in [0.1, 0.15) is 0 Å². The van der Waals surface area contributed by atoms with Crippen molar-refractivity contribution in [2.75, 3.05) is 0 Å². The van der Waals surface area contributed by atoms with Crippen LogP contribution in [0, 0.1) is 0 Å². The van der Waals surface area contributed by atoms with Gasteiger partial charge >= 0.3 is 35.8 Å². The Morgan fingerprint density at radius 1 is 0.520 bits per heavy atom. The molecule has 25 heavy (non-hydrogen) atoms. The summed E-state index contributed by atoms with van der Waals surface area (Å²) >= 11 is 0. The lowest BCUT2D eigenvalue weighted by Gasteiger charge is -2.40. The van der Waals surface area contributed by atoms with E-state index < -0.39 is 56.3 Å². The van der Waals surface area contributed by atoms with Gasteiger partial charge in [-0.05, 0) is 0 Å². The number of hydrogen-bond acceptors (Lipinski definition) is 0. The number of hydrogen-bond donors (Lipinski definition) is 0. The molecule has 0 saturated carbocycles. The molecule has 0 heterocycles. The Morgan fingerprint density at radius 3 is 1.12 bits per heavy atom. The Morgan fingerprint density at radius 2 is 0.840 bits per heavy atom. The van der Waals surface area contributed by atoms with E-state index in [-0.39, 0.29) is 0 Å². The molecule has 0 aliphatic rings. The minimum absolute atomic E-state index is 0.799. The molecular formula is C11H13F13Si. The number of halogens is 13. The van der Waals surface area contributed by atoms with E-state index in [1.807, 2.05) is 0 Å². The van der Waals surface area contributed by atoms with E-state index in [9.17, 15) is 57.1 Å². The summed E-state index contributed by atoms with van der Waals surface area (Å²) in [5, 5.41) is 0. The van der Waals surface area contributed by atoms with Gasteiger partial charge in [-0.1, -0.05) is 25.7 Å². The normalized spacial score (nSPS) is 16.3. The van der Waals surface area contributed by atoms with Crippen molar-refractivity contribution in [1.82, 2.24) is 0 Å². The zero-order valence-electron chi connectivity index (χ0n) is 12.8. The molecule has 0 aromatic rings. The van der Waals surface area contributed by atoms with Gasteiger partial charge in [0, 0.05) is 14.5 Å². The molecule has 0 nitrogen and oxygen atoms in total. The van der Waals surface area contributed by atoms with Crippen LogP contribution in [0.1, 0.15) is 6.42 Å². The van der Waals surface area contributed by atoms with E-state index in [1.165, 1.54) is 19.6 Å². The van der Waals surface area contributed by atoms with Gasteiger partial charge < -0.3 is 0 Å². The molecule has 0 atom stereocenters. The first-order valence-corrected chi connectivity index (χ1v) is 10.1. The molecule has 0 fully saturated rings. The van der Waals surface area contributed by atoms with Crippen LogP contribution >= 0.6 is 0 Å². The summed E-state index contributed by atoms with van der Waals surface area (Å²) in [4.78, 5) is 0. The Labute approximate surface area is 134 Å². The van der Waals surface area contributed by atoms with Gasteiger partial charge in [0.15, 0.2) is 0 Å². The smallest absolute Gasteiger partial charge is 0.200 e. The van der Waals surface area contributed by atoms with E-state index in [0.717, 1.165) is 0 Å². The zero-order valence-corrected chi connectivity index (χ0v) is 13.8. The van der Waals surface area contributed by atoms with E-state index >= 15 is 0 Å². The third kappa shape index (κ3) is 4.02. The molecule has 0 aliphatic carbocycles. The van der Waals surface area contributed by atoms with Gasteiger partial charge in [0.2, 0.25) is 0 Å². The minimum Gasteiger partial charge on any atom is -0.200 e. The van der Waals surface area contributed by atoms with Gasteiger partial charge in [-0.3, -0.25) is 0 Å². The van der Waals surface area contributed by atoms with E-state index in [1.54, 1.807) is 0 Å². The predicted octanol–water partition coefficient (Wildman–Crippen LogP) is 6.45. The fourth-order valence-electron chi connectivity index (χ4n) is 1.49. The molecular weight excluding hydrogens is 407 g/mol. The van der Waals surface area contributed by atoms with Gasteiger partial charge in [0.05, 0.1) is 0 Å². The highest BCUT2D eigenvalue weighted by Gasteiger charge is 2.90. The molecule has 0 aliphatic heterocycles. The lowest BCUT2D eigenvalue weighted by atomic mass is 9.93. The molecule has 0 radical (unpaired) electrons. The minimum atomic E-state index is -7.82. The SMILES string of the molecule is C[Si](C)(C)CCC(F)(F)C(F)(F)C(F)(F)C(F)(F)C(F)(F)C(F)(F)F.